The number of benzene rings is 1. The van der Waals surface area contributed by atoms with Gasteiger partial charge in [-0.05, 0) is 28.1 Å². The fourth-order valence-corrected chi connectivity index (χ4v) is 1.63. The largest absolute Gasteiger partial charge is 0.255 e. The number of pyridine rings is 1. The monoisotopic (exact) mass is 241 g/mol. The molecule has 1 heterocycles. The smallest absolute Gasteiger partial charge is 0.0899 e. The number of halogens is 2. The minimum absolute atomic E-state index is 0.674. The van der Waals surface area contributed by atoms with Crippen molar-refractivity contribution in [1.29, 1.82) is 0 Å². The molecule has 1 aromatic carbocycles. The molecule has 0 aliphatic carbocycles. The molecule has 0 amide bonds. The van der Waals surface area contributed by atoms with Crippen LogP contribution in [0.15, 0.2) is 34.9 Å². The van der Waals surface area contributed by atoms with Crippen LogP contribution in [0.1, 0.15) is 0 Å². The molecule has 0 aliphatic heterocycles. The first-order chi connectivity index (χ1) is 5.79. The standard InChI is InChI=1S/C9H5BrClN/c10-7-4-3-6-2-1-5-12-9(6)8(7)11/h1-5H. The van der Waals surface area contributed by atoms with Gasteiger partial charge in [0.05, 0.1) is 10.5 Å². The third-order valence-electron chi connectivity index (χ3n) is 1.67. The molecule has 0 aliphatic rings. The van der Waals surface area contributed by atoms with Gasteiger partial charge in [0.25, 0.3) is 0 Å². The van der Waals surface area contributed by atoms with E-state index in [9.17, 15) is 0 Å². The van der Waals surface area contributed by atoms with Gasteiger partial charge in [0.1, 0.15) is 0 Å². The molecule has 0 unspecified atom stereocenters. The number of rotatable bonds is 0. The molecular formula is C9H5BrClN. The van der Waals surface area contributed by atoms with Crippen molar-refractivity contribution in [2.45, 2.75) is 0 Å². The second kappa shape index (κ2) is 3.04. The second-order valence-electron chi connectivity index (χ2n) is 2.44. The van der Waals surface area contributed by atoms with E-state index in [1.54, 1.807) is 6.20 Å². The molecule has 0 radical (unpaired) electrons. The molecule has 1 aromatic heterocycles. The van der Waals surface area contributed by atoms with Crippen LogP contribution in [0.3, 0.4) is 0 Å². The van der Waals surface area contributed by atoms with Gasteiger partial charge in [0.2, 0.25) is 0 Å². The van der Waals surface area contributed by atoms with Crippen LogP contribution in [0, 0.1) is 0 Å². The predicted octanol–water partition coefficient (Wildman–Crippen LogP) is 3.65. The van der Waals surface area contributed by atoms with Crippen LogP contribution in [0.2, 0.25) is 5.02 Å². The number of hydrogen-bond acceptors (Lipinski definition) is 1. The highest BCUT2D eigenvalue weighted by atomic mass is 79.9. The topological polar surface area (TPSA) is 12.9 Å². The van der Waals surface area contributed by atoms with E-state index < -0.39 is 0 Å². The Kier molecular flexibility index (Phi) is 2.03. The van der Waals surface area contributed by atoms with Crippen molar-refractivity contribution in [1.82, 2.24) is 4.98 Å². The Morgan fingerprint density at radius 2 is 2.08 bits per heavy atom. The zero-order valence-corrected chi connectivity index (χ0v) is 8.43. The summed E-state index contributed by atoms with van der Waals surface area (Å²) in [7, 11) is 0. The summed E-state index contributed by atoms with van der Waals surface area (Å²) in [5.74, 6) is 0. The van der Waals surface area contributed by atoms with Crippen molar-refractivity contribution < 1.29 is 0 Å². The zero-order chi connectivity index (χ0) is 8.55. The first-order valence-electron chi connectivity index (χ1n) is 3.48. The summed E-state index contributed by atoms with van der Waals surface area (Å²) in [5.41, 5.74) is 0.841. The lowest BCUT2D eigenvalue weighted by Crippen LogP contribution is -1.79. The van der Waals surface area contributed by atoms with Gasteiger partial charge < -0.3 is 0 Å². The maximum atomic E-state index is 6.02. The number of fused-ring (bicyclic) bond motifs is 1. The lowest BCUT2D eigenvalue weighted by molar-refractivity contribution is 1.41. The quantitative estimate of drug-likeness (QED) is 0.687. The Hall–Kier alpha value is -0.600. The molecule has 60 valence electrons. The van der Waals surface area contributed by atoms with Gasteiger partial charge in [-0.25, -0.2) is 0 Å². The zero-order valence-electron chi connectivity index (χ0n) is 6.09. The fraction of sp³-hybridized carbons (Fsp3) is 0. The van der Waals surface area contributed by atoms with Gasteiger partial charge in [-0.1, -0.05) is 23.7 Å². The molecule has 2 aromatic rings. The average molecular weight is 243 g/mol. The Morgan fingerprint density at radius 1 is 1.25 bits per heavy atom. The van der Waals surface area contributed by atoms with E-state index in [0.29, 0.717) is 5.02 Å². The highest BCUT2D eigenvalue weighted by Crippen LogP contribution is 2.28. The highest BCUT2D eigenvalue weighted by Gasteiger charge is 2.02. The molecule has 0 bridgehead atoms. The lowest BCUT2D eigenvalue weighted by Gasteiger charge is -1.99. The maximum Gasteiger partial charge on any atom is 0.0899 e. The molecule has 0 atom stereocenters. The first-order valence-corrected chi connectivity index (χ1v) is 4.65. The molecule has 0 N–H and O–H groups in total. The number of aromatic nitrogens is 1. The number of hydrogen-bond donors (Lipinski definition) is 0. The Morgan fingerprint density at radius 3 is 2.92 bits per heavy atom. The van der Waals surface area contributed by atoms with Crippen LogP contribution >= 0.6 is 27.5 Å². The summed E-state index contributed by atoms with van der Waals surface area (Å²) in [6, 6.07) is 7.79. The minimum atomic E-state index is 0.674. The van der Waals surface area contributed by atoms with Crippen LogP contribution in [-0.4, -0.2) is 4.98 Å². The van der Waals surface area contributed by atoms with E-state index in [1.807, 2.05) is 24.3 Å². The van der Waals surface area contributed by atoms with Crippen molar-refractivity contribution in [3.63, 3.8) is 0 Å². The Bertz CT molecular complexity index is 428. The Balaban J connectivity index is 2.91. The van der Waals surface area contributed by atoms with Gasteiger partial charge in [0.15, 0.2) is 0 Å². The third kappa shape index (κ3) is 1.21. The van der Waals surface area contributed by atoms with Crippen molar-refractivity contribution in [2.24, 2.45) is 0 Å². The van der Waals surface area contributed by atoms with Gasteiger partial charge >= 0.3 is 0 Å². The molecule has 0 spiro atoms. The summed E-state index contributed by atoms with van der Waals surface area (Å²) >= 11 is 9.36. The highest BCUT2D eigenvalue weighted by molar-refractivity contribution is 9.10. The van der Waals surface area contributed by atoms with Crippen LogP contribution in [0.25, 0.3) is 10.9 Å². The molecule has 2 rings (SSSR count). The lowest BCUT2D eigenvalue weighted by atomic mass is 10.2. The molecule has 0 saturated heterocycles. The van der Waals surface area contributed by atoms with E-state index in [1.165, 1.54) is 0 Å². The molecular weight excluding hydrogens is 237 g/mol. The predicted molar refractivity (Wildman–Crippen MR) is 54.5 cm³/mol. The van der Waals surface area contributed by atoms with Crippen molar-refractivity contribution in [2.75, 3.05) is 0 Å². The summed E-state index contributed by atoms with van der Waals surface area (Å²) in [5, 5.41) is 1.74. The molecule has 0 saturated carbocycles. The Labute approximate surface area is 83.5 Å². The molecule has 0 fully saturated rings. The van der Waals surface area contributed by atoms with Crippen LogP contribution in [-0.2, 0) is 0 Å². The molecule has 3 heteroatoms. The normalized spacial score (nSPS) is 10.5. The van der Waals surface area contributed by atoms with Crippen molar-refractivity contribution in [3.8, 4) is 0 Å². The summed E-state index contributed by atoms with van der Waals surface area (Å²) in [6.07, 6.45) is 1.74. The maximum absolute atomic E-state index is 6.02. The molecule has 12 heavy (non-hydrogen) atoms. The summed E-state index contributed by atoms with van der Waals surface area (Å²) in [6.45, 7) is 0. The van der Waals surface area contributed by atoms with Crippen LogP contribution in [0.4, 0.5) is 0 Å². The van der Waals surface area contributed by atoms with Gasteiger partial charge in [-0.2, -0.15) is 0 Å². The van der Waals surface area contributed by atoms with E-state index in [0.717, 1.165) is 15.4 Å². The summed E-state index contributed by atoms with van der Waals surface area (Å²) in [4.78, 5) is 4.18. The van der Waals surface area contributed by atoms with E-state index >= 15 is 0 Å². The van der Waals surface area contributed by atoms with E-state index in [2.05, 4.69) is 20.9 Å². The van der Waals surface area contributed by atoms with Crippen LogP contribution < -0.4 is 0 Å². The second-order valence-corrected chi connectivity index (χ2v) is 3.67. The minimum Gasteiger partial charge on any atom is -0.255 e. The van der Waals surface area contributed by atoms with Gasteiger partial charge in [-0.3, -0.25) is 4.98 Å². The van der Waals surface area contributed by atoms with Crippen molar-refractivity contribution in [3.05, 3.63) is 40.0 Å². The average Bonchev–Trinajstić information content (AvgIpc) is 2.12. The van der Waals surface area contributed by atoms with Gasteiger partial charge in [-0.15, -0.1) is 0 Å². The van der Waals surface area contributed by atoms with Crippen LogP contribution in [0.5, 0.6) is 0 Å². The van der Waals surface area contributed by atoms with E-state index in [4.69, 9.17) is 11.6 Å². The summed E-state index contributed by atoms with van der Waals surface area (Å²) < 4.78 is 0.885. The van der Waals surface area contributed by atoms with Gasteiger partial charge in [0, 0.05) is 16.1 Å². The number of nitrogens with zero attached hydrogens (tertiary/aromatic N) is 1. The SMILES string of the molecule is Clc1c(Br)ccc2cccnc12. The molecule has 1 nitrogen and oxygen atoms in total. The third-order valence-corrected chi connectivity index (χ3v) is 2.94. The first kappa shape index (κ1) is 8.02. The van der Waals surface area contributed by atoms with E-state index in [-0.39, 0.29) is 0 Å². The fourth-order valence-electron chi connectivity index (χ4n) is 1.08. The van der Waals surface area contributed by atoms with Crippen molar-refractivity contribution >= 4 is 38.4 Å².